The van der Waals surface area contributed by atoms with E-state index in [1.165, 1.54) is 4.90 Å². The minimum Gasteiger partial charge on any atom is -0.465 e. The van der Waals surface area contributed by atoms with Gasteiger partial charge in [0.2, 0.25) is 11.8 Å². The molecule has 0 bridgehead atoms. The largest absolute Gasteiger partial charge is 0.465 e. The fourth-order valence-electron chi connectivity index (χ4n) is 7.10. The lowest BCUT2D eigenvalue weighted by Gasteiger charge is -2.40. The van der Waals surface area contributed by atoms with E-state index >= 15 is 0 Å². The predicted molar refractivity (Wildman–Crippen MR) is 151 cm³/mol. The summed E-state index contributed by atoms with van der Waals surface area (Å²) < 4.78 is 12.5. The highest BCUT2D eigenvalue weighted by atomic mass is 16.6. The maximum Gasteiger partial charge on any atom is 0.313 e. The molecule has 8 nitrogen and oxygen atoms in total. The van der Waals surface area contributed by atoms with Gasteiger partial charge in [-0.15, -0.1) is 0 Å². The first-order chi connectivity index (χ1) is 19.9. The summed E-state index contributed by atoms with van der Waals surface area (Å²) in [5.74, 6) is -3.05. The van der Waals surface area contributed by atoms with Crippen molar-refractivity contribution in [3.63, 3.8) is 0 Å². The highest BCUT2D eigenvalue weighted by molar-refractivity contribution is 5.99. The van der Waals surface area contributed by atoms with Crippen molar-refractivity contribution in [3.05, 3.63) is 96.1 Å². The van der Waals surface area contributed by atoms with E-state index in [0.717, 1.165) is 11.1 Å². The lowest BCUT2D eigenvalue weighted by atomic mass is 9.74. The van der Waals surface area contributed by atoms with Crippen molar-refractivity contribution >= 4 is 17.8 Å². The summed E-state index contributed by atoms with van der Waals surface area (Å²) in [5.41, 5.74) is -0.645. The molecule has 2 aromatic carbocycles. The second-order valence-corrected chi connectivity index (χ2v) is 11.6. The van der Waals surface area contributed by atoms with Crippen molar-refractivity contribution in [2.45, 2.75) is 56.0 Å². The normalized spacial score (nSPS) is 32.6. The van der Waals surface area contributed by atoms with Gasteiger partial charge < -0.3 is 24.4 Å². The van der Waals surface area contributed by atoms with Gasteiger partial charge in [-0.05, 0) is 37.3 Å². The van der Waals surface area contributed by atoms with Gasteiger partial charge in [-0.3, -0.25) is 14.4 Å². The molecule has 2 fully saturated rings. The Morgan fingerprint density at radius 1 is 0.927 bits per heavy atom. The number of esters is 1. The van der Waals surface area contributed by atoms with Gasteiger partial charge in [0.05, 0.1) is 30.8 Å². The summed E-state index contributed by atoms with van der Waals surface area (Å²) in [6.07, 6.45) is 9.28. The minimum atomic E-state index is -1.40. The topological polar surface area (TPSA) is 96.4 Å². The van der Waals surface area contributed by atoms with Crippen LogP contribution in [0.15, 0.2) is 85.0 Å². The molecule has 0 radical (unpaired) electrons. The fourth-order valence-corrected chi connectivity index (χ4v) is 7.10. The number of nitrogens with zero attached hydrogens (tertiary/aromatic N) is 2. The van der Waals surface area contributed by atoms with Crippen LogP contribution in [0.5, 0.6) is 0 Å². The molecule has 4 heterocycles. The van der Waals surface area contributed by atoms with E-state index in [0.29, 0.717) is 32.4 Å². The summed E-state index contributed by atoms with van der Waals surface area (Å²) in [5, 5.41) is 10.6. The Bertz CT molecular complexity index is 1360. The van der Waals surface area contributed by atoms with Crippen LogP contribution < -0.4 is 0 Å². The first-order valence-corrected chi connectivity index (χ1v) is 14.4. The quantitative estimate of drug-likeness (QED) is 0.434. The molecule has 2 aromatic rings. The van der Waals surface area contributed by atoms with E-state index in [2.05, 4.69) is 0 Å². The second kappa shape index (κ2) is 10.9. The van der Waals surface area contributed by atoms with Gasteiger partial charge in [-0.1, -0.05) is 85.0 Å². The Labute approximate surface area is 240 Å². The molecular weight excluding hydrogens is 520 g/mol. The number of carbonyl (C=O) groups excluding carboxylic acids is 3. The number of aliphatic hydroxyl groups excluding tert-OH is 1. The molecule has 6 rings (SSSR count). The summed E-state index contributed by atoms with van der Waals surface area (Å²) >= 11 is 0. The Kier molecular flexibility index (Phi) is 7.30. The van der Waals surface area contributed by atoms with Crippen molar-refractivity contribution in [2.75, 3.05) is 19.8 Å². The molecule has 2 saturated heterocycles. The molecule has 1 unspecified atom stereocenters. The van der Waals surface area contributed by atoms with Gasteiger partial charge in [-0.2, -0.15) is 0 Å². The number of benzene rings is 2. The van der Waals surface area contributed by atoms with Gasteiger partial charge in [0.1, 0.15) is 17.6 Å². The van der Waals surface area contributed by atoms with Gasteiger partial charge in [0.25, 0.3) is 0 Å². The van der Waals surface area contributed by atoms with Crippen LogP contribution in [-0.4, -0.2) is 75.7 Å². The van der Waals surface area contributed by atoms with Gasteiger partial charge in [0, 0.05) is 13.1 Å². The van der Waals surface area contributed by atoms with Crippen LogP contribution in [0.3, 0.4) is 0 Å². The van der Waals surface area contributed by atoms with Crippen LogP contribution >= 0.6 is 0 Å². The van der Waals surface area contributed by atoms with Gasteiger partial charge in [0.15, 0.2) is 0 Å². The standard InChI is InChI=1S/C33H36N2O6/c1-32-16-9-4-10-19-40-31(39)27(32)26-29(37)35(25(22-36)20-23-12-5-2-6-13-23)28-30(38)34(18-11-17-33(26,28)41-32)21-24-14-7-3-8-15-24/h2-3,5-9,11-17,25-28,36H,4,10,18-22H2,1H3/b16-9-/t25-,26+,27+,28?,32-,33+/m1/s1. The fraction of sp³-hybridized carbons (Fsp3) is 0.424. The molecule has 4 aliphatic rings. The molecule has 1 N–H and O–H groups in total. The summed E-state index contributed by atoms with van der Waals surface area (Å²) in [6.45, 7) is 2.40. The van der Waals surface area contributed by atoms with Gasteiger partial charge in [-0.25, -0.2) is 0 Å². The zero-order valence-electron chi connectivity index (χ0n) is 23.2. The third-order valence-corrected chi connectivity index (χ3v) is 8.91. The SMILES string of the molecule is C[C@@]12/C=C\CCCOC(=O)[C@@H]1[C@H]1C(=O)N([C@@H](CO)Cc3ccccc3)C3C(=O)N(Cc4ccccc4)CC=C[C@@]31O2. The smallest absolute Gasteiger partial charge is 0.313 e. The van der Waals surface area contributed by atoms with E-state index in [1.54, 1.807) is 11.8 Å². The number of fused-ring (bicyclic) bond motifs is 2. The van der Waals surface area contributed by atoms with Crippen molar-refractivity contribution in [1.82, 2.24) is 9.80 Å². The van der Waals surface area contributed by atoms with Crippen molar-refractivity contribution in [2.24, 2.45) is 11.8 Å². The van der Waals surface area contributed by atoms with E-state index in [-0.39, 0.29) is 25.0 Å². The number of hydrogen-bond donors (Lipinski definition) is 1. The average Bonchev–Trinajstić information content (AvgIpc) is 3.34. The number of allylic oxidation sites excluding steroid dienone is 1. The molecule has 4 aliphatic heterocycles. The van der Waals surface area contributed by atoms with E-state index in [4.69, 9.17) is 9.47 Å². The van der Waals surface area contributed by atoms with Crippen LogP contribution in [0.25, 0.3) is 0 Å². The van der Waals surface area contributed by atoms with Crippen LogP contribution in [0.4, 0.5) is 0 Å². The molecule has 0 aromatic heterocycles. The minimum absolute atomic E-state index is 0.254. The lowest BCUT2D eigenvalue weighted by Crippen LogP contribution is -2.59. The number of cyclic esters (lactones) is 1. The van der Waals surface area contributed by atoms with Crippen LogP contribution in [0, 0.1) is 11.8 Å². The Morgan fingerprint density at radius 2 is 1.63 bits per heavy atom. The van der Waals surface area contributed by atoms with E-state index in [9.17, 15) is 19.5 Å². The molecule has 8 heteroatoms. The highest BCUT2D eigenvalue weighted by Gasteiger charge is 2.75. The predicted octanol–water partition coefficient (Wildman–Crippen LogP) is 3.05. The maximum atomic E-state index is 14.6. The number of amides is 2. The van der Waals surface area contributed by atoms with Crippen LogP contribution in [0.1, 0.15) is 30.9 Å². The average molecular weight is 557 g/mol. The third kappa shape index (κ3) is 4.69. The zero-order valence-corrected chi connectivity index (χ0v) is 23.2. The Morgan fingerprint density at radius 3 is 2.34 bits per heavy atom. The summed E-state index contributed by atoms with van der Waals surface area (Å²) in [4.78, 5) is 46.0. The summed E-state index contributed by atoms with van der Waals surface area (Å²) in [7, 11) is 0. The molecule has 41 heavy (non-hydrogen) atoms. The number of hydrogen-bond acceptors (Lipinski definition) is 6. The highest BCUT2D eigenvalue weighted by Crippen LogP contribution is 2.57. The molecule has 1 spiro atoms. The number of likely N-dealkylation sites (tertiary alicyclic amines) is 1. The Balaban J connectivity index is 1.46. The molecule has 214 valence electrons. The lowest BCUT2D eigenvalue weighted by molar-refractivity contribution is -0.161. The van der Waals surface area contributed by atoms with E-state index in [1.807, 2.05) is 85.0 Å². The molecule has 0 aliphatic carbocycles. The number of aliphatic hydroxyl groups is 1. The number of ether oxygens (including phenoxy) is 2. The van der Waals surface area contributed by atoms with Crippen LogP contribution in [0.2, 0.25) is 0 Å². The monoisotopic (exact) mass is 556 g/mol. The molecule has 6 atom stereocenters. The summed E-state index contributed by atoms with van der Waals surface area (Å²) in [6, 6.07) is 17.5. The third-order valence-electron chi connectivity index (χ3n) is 8.91. The maximum absolute atomic E-state index is 14.6. The molecule has 0 saturated carbocycles. The van der Waals surface area contributed by atoms with Crippen molar-refractivity contribution in [1.29, 1.82) is 0 Å². The molecule has 2 amide bonds. The van der Waals surface area contributed by atoms with Crippen LogP contribution in [-0.2, 0) is 36.8 Å². The van der Waals surface area contributed by atoms with Gasteiger partial charge >= 0.3 is 5.97 Å². The van der Waals surface area contributed by atoms with Crippen molar-refractivity contribution < 1.29 is 29.0 Å². The number of carbonyl (C=O) groups is 3. The first kappa shape index (κ1) is 27.4. The second-order valence-electron chi connectivity index (χ2n) is 11.6. The zero-order chi connectivity index (χ0) is 28.6. The van der Waals surface area contributed by atoms with Crippen molar-refractivity contribution in [3.8, 4) is 0 Å². The first-order valence-electron chi connectivity index (χ1n) is 14.4. The van der Waals surface area contributed by atoms with E-state index < -0.39 is 41.1 Å². The molecular formula is C33H36N2O6. The number of rotatable bonds is 6. The Hall–Kier alpha value is -3.75.